The van der Waals surface area contributed by atoms with E-state index in [1.54, 1.807) is 6.26 Å². The fourth-order valence-electron chi connectivity index (χ4n) is 6.66. The van der Waals surface area contributed by atoms with Crippen LogP contribution < -0.4 is 59.7 Å². The zero-order valence-electron chi connectivity index (χ0n) is 38.7. The zero-order valence-corrected chi connectivity index (χ0v) is 39.5. The van der Waals surface area contributed by atoms with E-state index in [1.807, 2.05) is 5.32 Å². The molecule has 0 spiro atoms. The third-order valence-corrected chi connectivity index (χ3v) is 11.3. The monoisotopic (exact) mass is 992 g/mol. The number of likely N-dealkylation sites (tertiary alicyclic amines) is 1. The molecule has 1 aliphatic heterocycles. The Bertz CT molecular complexity index is 1700. The van der Waals surface area contributed by atoms with Crippen molar-refractivity contribution in [2.45, 2.75) is 132 Å². The third kappa shape index (κ3) is 21.0. The first-order valence-electron chi connectivity index (χ1n) is 22.3. The summed E-state index contributed by atoms with van der Waals surface area (Å²) in [6, 6.07) is -12.4. The van der Waals surface area contributed by atoms with Crippen LogP contribution in [-0.4, -0.2) is 208 Å². The van der Waals surface area contributed by atoms with Gasteiger partial charge in [-0.05, 0) is 96.7 Å². The van der Waals surface area contributed by atoms with E-state index in [4.69, 9.17) is 22.3 Å². The Kier molecular flexibility index (Phi) is 29.1. The number of carboxylic acid groups (broad SMARTS) is 1. The van der Waals surface area contributed by atoms with Crippen molar-refractivity contribution in [3.05, 3.63) is 0 Å². The number of aliphatic carboxylic acids is 1. The number of nitrogens with zero attached hydrogens (tertiary/aromatic N) is 1. The average molecular weight is 993 g/mol. The molecule has 28 heteroatoms. The van der Waals surface area contributed by atoms with Gasteiger partial charge >= 0.3 is 5.97 Å². The first kappa shape index (κ1) is 60.8. The number of hydrogen-bond donors (Lipinski definition) is 16. The lowest BCUT2D eigenvalue weighted by atomic mass is 10.1. The van der Waals surface area contributed by atoms with E-state index in [0.29, 0.717) is 44.4 Å². The highest BCUT2D eigenvalue weighted by Gasteiger charge is 2.40. The molecule has 1 fully saturated rings. The molecular formula is C40H72N12O15S. The lowest BCUT2D eigenvalue weighted by molar-refractivity contribution is -0.143. The van der Waals surface area contributed by atoms with E-state index in [-0.39, 0.29) is 38.8 Å². The minimum atomic E-state index is -1.76. The standard InChI is InChI=1S/C40H72N12O15S/c1-21(45-33(59)23(43)18-53)32(58)48-26(10-5-7-14-42)39(65)52-15-8-11-29(52)37(63)47-24(9-4-6-13-41)34(60)44-17-30(57)46-25(12-16-68-3)35(61)51-31(22(2)56)38(64)49-27(19-54)36(62)50-28(20-55)40(66)67/h21-29,31,53-56H,4-20,41-43H2,1-3H3,(H,44,60)(H,45,59)(H,46,57)(H,47,63)(H,48,58)(H,49,64)(H,50,62)(H,51,61)(H,66,67)/t21-,22+,23-,24-,25-,26-,27-,28-,29-,31-/m0/s1. The fraction of sp³-hybridized carbons (Fsp3) is 0.750. The number of hydrogen-bond acceptors (Lipinski definition) is 18. The van der Waals surface area contributed by atoms with Gasteiger partial charge in [0.2, 0.25) is 53.2 Å². The van der Waals surface area contributed by atoms with Crippen LogP contribution in [0.15, 0.2) is 0 Å². The third-order valence-electron chi connectivity index (χ3n) is 10.6. The Morgan fingerprint density at radius 1 is 0.647 bits per heavy atom. The van der Waals surface area contributed by atoms with Crippen LogP contribution in [-0.2, 0) is 47.9 Å². The highest BCUT2D eigenvalue weighted by atomic mass is 32.2. The van der Waals surface area contributed by atoms with Crippen molar-refractivity contribution in [3.63, 3.8) is 0 Å². The number of carboxylic acids is 1. The Hall–Kier alpha value is -5.23. The molecule has 1 aliphatic rings. The van der Waals surface area contributed by atoms with Crippen LogP contribution in [0.25, 0.3) is 0 Å². The number of rotatable bonds is 33. The molecule has 0 bridgehead atoms. The summed E-state index contributed by atoms with van der Waals surface area (Å²) in [4.78, 5) is 131. The summed E-state index contributed by atoms with van der Waals surface area (Å²) in [5.41, 5.74) is 16.9. The minimum absolute atomic E-state index is 0.00109. The molecule has 9 amide bonds. The van der Waals surface area contributed by atoms with Crippen LogP contribution in [0.2, 0.25) is 0 Å². The van der Waals surface area contributed by atoms with Gasteiger partial charge in [-0.1, -0.05) is 0 Å². The van der Waals surface area contributed by atoms with Gasteiger partial charge in [-0.15, -0.1) is 0 Å². The van der Waals surface area contributed by atoms with Gasteiger partial charge in [-0.25, -0.2) is 4.79 Å². The molecule has 0 aliphatic carbocycles. The first-order valence-corrected chi connectivity index (χ1v) is 23.7. The van der Waals surface area contributed by atoms with Crippen LogP contribution in [0.5, 0.6) is 0 Å². The second-order valence-electron chi connectivity index (χ2n) is 16.1. The van der Waals surface area contributed by atoms with Crippen molar-refractivity contribution >= 4 is 70.9 Å². The van der Waals surface area contributed by atoms with E-state index in [0.717, 1.165) is 6.92 Å². The number of nitrogens with one attached hydrogen (secondary N) is 8. The van der Waals surface area contributed by atoms with Gasteiger partial charge in [0, 0.05) is 6.54 Å². The van der Waals surface area contributed by atoms with Crippen molar-refractivity contribution in [2.24, 2.45) is 17.2 Å². The van der Waals surface area contributed by atoms with Gasteiger partial charge in [0.1, 0.15) is 54.4 Å². The van der Waals surface area contributed by atoms with E-state index in [1.165, 1.54) is 23.6 Å². The lowest BCUT2D eigenvalue weighted by Gasteiger charge is -2.30. The quantitative estimate of drug-likeness (QED) is 0.0272. The van der Waals surface area contributed by atoms with Crippen molar-refractivity contribution in [2.75, 3.05) is 58.0 Å². The van der Waals surface area contributed by atoms with Gasteiger partial charge in [0.15, 0.2) is 0 Å². The number of carbonyl (C=O) groups is 10. The normalized spacial score (nSPS) is 17.3. The van der Waals surface area contributed by atoms with Crippen LogP contribution in [0.4, 0.5) is 0 Å². The van der Waals surface area contributed by atoms with E-state index >= 15 is 0 Å². The van der Waals surface area contributed by atoms with Crippen LogP contribution >= 0.6 is 11.8 Å². The largest absolute Gasteiger partial charge is 0.480 e. The molecule has 388 valence electrons. The summed E-state index contributed by atoms with van der Waals surface area (Å²) in [6.07, 6.45) is 2.81. The SMILES string of the molecule is CSCC[C@H](NC(=O)CNC(=O)[C@H](CCCCN)NC(=O)[C@@H]1CCCN1C(=O)[C@H](CCCCN)NC(=O)[C@H](C)NC(=O)[C@@H](N)CO)C(=O)N[C@H](C(=O)N[C@@H](CO)C(=O)N[C@@H](CO)C(=O)O)[C@@H](C)O. The highest BCUT2D eigenvalue weighted by Crippen LogP contribution is 2.21. The van der Waals surface area contributed by atoms with Crippen LogP contribution in [0.1, 0.15) is 71.6 Å². The topological polar surface area (TPSA) is 449 Å². The van der Waals surface area contributed by atoms with Crippen LogP contribution in [0, 0.1) is 0 Å². The number of nitrogens with two attached hydrogens (primary N) is 3. The lowest BCUT2D eigenvalue weighted by Crippen LogP contribution is -2.61. The molecule has 19 N–H and O–H groups in total. The minimum Gasteiger partial charge on any atom is -0.480 e. The van der Waals surface area contributed by atoms with Gasteiger partial charge in [0.25, 0.3) is 0 Å². The first-order chi connectivity index (χ1) is 32.2. The fourth-order valence-corrected chi connectivity index (χ4v) is 7.13. The van der Waals surface area contributed by atoms with Crippen molar-refractivity contribution in [1.82, 2.24) is 47.4 Å². The number of carbonyl (C=O) groups excluding carboxylic acids is 9. The Morgan fingerprint density at radius 3 is 1.75 bits per heavy atom. The smallest absolute Gasteiger partial charge is 0.328 e. The number of aliphatic hydroxyl groups excluding tert-OH is 4. The van der Waals surface area contributed by atoms with Gasteiger partial charge < -0.3 is 90.2 Å². The second kappa shape index (κ2) is 32.5. The van der Waals surface area contributed by atoms with E-state index < -0.39 is 146 Å². The molecule has 0 radical (unpaired) electrons. The van der Waals surface area contributed by atoms with Gasteiger partial charge in [-0.3, -0.25) is 43.2 Å². The molecule has 0 unspecified atom stereocenters. The summed E-state index contributed by atoms with van der Waals surface area (Å²) >= 11 is 1.31. The average Bonchev–Trinajstić information content (AvgIpc) is 3.81. The van der Waals surface area contributed by atoms with Crippen molar-refractivity contribution < 1.29 is 73.5 Å². The van der Waals surface area contributed by atoms with Crippen molar-refractivity contribution in [3.8, 4) is 0 Å². The maximum atomic E-state index is 14.0. The highest BCUT2D eigenvalue weighted by molar-refractivity contribution is 7.98. The molecule has 1 heterocycles. The Labute approximate surface area is 398 Å². The van der Waals surface area contributed by atoms with E-state index in [9.17, 15) is 68.4 Å². The zero-order chi connectivity index (χ0) is 51.5. The van der Waals surface area contributed by atoms with E-state index in [2.05, 4.69) is 37.2 Å². The molecule has 0 aromatic rings. The predicted octanol–water partition coefficient (Wildman–Crippen LogP) is -7.71. The second-order valence-corrected chi connectivity index (χ2v) is 17.1. The molecule has 1 rings (SSSR count). The maximum Gasteiger partial charge on any atom is 0.328 e. The molecule has 68 heavy (non-hydrogen) atoms. The number of amides is 9. The molecule has 1 saturated heterocycles. The molecular weight excluding hydrogens is 921 g/mol. The number of unbranched alkanes of at least 4 members (excludes halogenated alkanes) is 2. The summed E-state index contributed by atoms with van der Waals surface area (Å²) in [5, 5.41) is 66.4. The van der Waals surface area contributed by atoms with Crippen LogP contribution in [0.3, 0.4) is 0 Å². The summed E-state index contributed by atoms with van der Waals surface area (Å²) in [5.74, 6) is -8.99. The molecule has 0 saturated carbocycles. The molecule has 27 nitrogen and oxygen atoms in total. The predicted molar refractivity (Wildman–Crippen MR) is 244 cm³/mol. The summed E-state index contributed by atoms with van der Waals surface area (Å²) in [7, 11) is 0. The summed E-state index contributed by atoms with van der Waals surface area (Å²) in [6.45, 7) is -0.136. The molecule has 0 aromatic carbocycles. The van der Waals surface area contributed by atoms with Gasteiger partial charge in [-0.2, -0.15) is 11.8 Å². The summed E-state index contributed by atoms with van der Waals surface area (Å²) < 4.78 is 0. The molecule has 10 atom stereocenters. The maximum absolute atomic E-state index is 14.0. The number of aliphatic hydroxyl groups is 4. The number of thioether (sulfide) groups is 1. The van der Waals surface area contributed by atoms with Gasteiger partial charge in [0.05, 0.1) is 32.5 Å². The Balaban J connectivity index is 3.13. The Morgan fingerprint density at radius 2 is 1.21 bits per heavy atom. The van der Waals surface area contributed by atoms with Crippen molar-refractivity contribution in [1.29, 1.82) is 0 Å². The molecule has 0 aromatic heterocycles.